The number of thiazole rings is 1. The van der Waals surface area contributed by atoms with E-state index in [4.69, 9.17) is 0 Å². The number of nitrogens with one attached hydrogen (secondary N) is 1. The maximum Gasteiger partial charge on any atom is 0.227 e. The number of anilines is 1. The summed E-state index contributed by atoms with van der Waals surface area (Å²) in [6.45, 7) is 0. The highest BCUT2D eigenvalue weighted by Gasteiger charge is 2.20. The minimum Gasteiger partial charge on any atom is -0.492 e. The molecule has 0 aliphatic heterocycles. The van der Waals surface area contributed by atoms with E-state index in [0.29, 0.717) is 6.04 Å². The quantitative estimate of drug-likeness (QED) is 0.760. The number of hydrogen-bond acceptors (Lipinski definition) is 4. The van der Waals surface area contributed by atoms with Gasteiger partial charge in [-0.1, -0.05) is 69.1 Å². The predicted octanol–water partition coefficient (Wildman–Crippen LogP) is 5.11. The molecule has 0 bridgehead atoms. The molecule has 2 aliphatic rings. The van der Waals surface area contributed by atoms with Crippen LogP contribution in [-0.4, -0.2) is 16.1 Å². The van der Waals surface area contributed by atoms with Crippen molar-refractivity contribution in [2.24, 2.45) is 5.92 Å². The summed E-state index contributed by atoms with van der Waals surface area (Å²) in [6.07, 6.45) is 15.7. The largest absolute Gasteiger partial charge is 0.492 e. The van der Waals surface area contributed by atoms with Gasteiger partial charge in [-0.2, -0.15) is 4.98 Å². The summed E-state index contributed by atoms with van der Waals surface area (Å²) in [6, 6.07) is 0.556. The fourth-order valence-electron chi connectivity index (χ4n) is 3.79. The number of nitrogens with zero attached hydrogens (tertiary/aromatic N) is 1. The lowest BCUT2D eigenvalue weighted by atomic mass is 9.87. The van der Waals surface area contributed by atoms with Crippen molar-refractivity contribution < 1.29 is 5.11 Å². The van der Waals surface area contributed by atoms with Crippen LogP contribution in [0, 0.1) is 5.92 Å². The Balaban J connectivity index is 1.57. The molecule has 0 amide bonds. The average Bonchev–Trinajstić information content (AvgIpc) is 2.68. The van der Waals surface area contributed by atoms with Crippen LogP contribution in [0.1, 0.15) is 75.5 Å². The van der Waals surface area contributed by atoms with Crippen molar-refractivity contribution in [3.8, 4) is 5.88 Å². The highest BCUT2D eigenvalue weighted by Crippen LogP contribution is 2.35. The first kappa shape index (κ1) is 15.1. The molecule has 1 aromatic heterocycles. The molecule has 0 unspecified atom stereocenters. The summed E-state index contributed by atoms with van der Waals surface area (Å²) in [5, 5.41) is 14.6. The smallest absolute Gasteiger partial charge is 0.227 e. The van der Waals surface area contributed by atoms with E-state index in [1.807, 2.05) is 0 Å². The molecule has 2 aliphatic carbocycles. The van der Waals surface area contributed by atoms with Gasteiger partial charge in [0.15, 0.2) is 5.13 Å². The molecule has 2 fully saturated rings. The Hall–Kier alpha value is -0.770. The SMILES string of the molecule is Oc1nc(NC2CCCCCC2)sc1CC1CCCCC1. The number of aromatic hydroxyl groups is 1. The van der Waals surface area contributed by atoms with Crippen LogP contribution in [0.2, 0.25) is 0 Å². The zero-order valence-corrected chi connectivity index (χ0v) is 13.8. The molecular weight excluding hydrogens is 280 g/mol. The Morgan fingerprint density at radius 1 is 0.952 bits per heavy atom. The van der Waals surface area contributed by atoms with Crippen LogP contribution in [0.15, 0.2) is 0 Å². The molecule has 21 heavy (non-hydrogen) atoms. The minimum absolute atomic E-state index is 0.279. The Morgan fingerprint density at radius 2 is 1.57 bits per heavy atom. The molecule has 2 N–H and O–H groups in total. The Kier molecular flexibility index (Phi) is 5.39. The van der Waals surface area contributed by atoms with Gasteiger partial charge < -0.3 is 10.4 Å². The third-order valence-electron chi connectivity index (χ3n) is 5.06. The van der Waals surface area contributed by atoms with Crippen LogP contribution in [-0.2, 0) is 6.42 Å². The third-order valence-corrected chi connectivity index (χ3v) is 6.06. The summed E-state index contributed by atoms with van der Waals surface area (Å²) in [5.74, 6) is 1.04. The molecule has 1 aromatic rings. The van der Waals surface area contributed by atoms with Crippen LogP contribution in [0.5, 0.6) is 5.88 Å². The van der Waals surface area contributed by atoms with E-state index in [-0.39, 0.29) is 5.88 Å². The molecule has 4 heteroatoms. The molecule has 0 spiro atoms. The highest BCUT2D eigenvalue weighted by molar-refractivity contribution is 7.15. The standard InChI is InChI=1S/C17H28N2OS/c20-16-15(12-13-8-4-3-5-9-13)21-17(19-16)18-14-10-6-1-2-7-11-14/h13-14,20H,1-12H2,(H,18,19). The van der Waals surface area contributed by atoms with Crippen molar-refractivity contribution in [1.29, 1.82) is 0 Å². The lowest BCUT2D eigenvalue weighted by Crippen LogP contribution is -2.17. The first-order chi connectivity index (χ1) is 10.3. The maximum atomic E-state index is 10.1. The Morgan fingerprint density at radius 3 is 2.29 bits per heavy atom. The molecule has 0 saturated heterocycles. The predicted molar refractivity (Wildman–Crippen MR) is 89.2 cm³/mol. The van der Waals surface area contributed by atoms with E-state index in [0.717, 1.165) is 22.3 Å². The van der Waals surface area contributed by atoms with Crippen molar-refractivity contribution in [2.45, 2.75) is 83.1 Å². The topological polar surface area (TPSA) is 45.2 Å². The second-order valence-corrected chi connectivity index (χ2v) is 7.89. The summed E-state index contributed by atoms with van der Waals surface area (Å²) >= 11 is 1.68. The summed E-state index contributed by atoms with van der Waals surface area (Å²) in [4.78, 5) is 5.46. The average molecular weight is 308 g/mol. The van der Waals surface area contributed by atoms with Crippen LogP contribution in [0.3, 0.4) is 0 Å². The maximum absolute atomic E-state index is 10.1. The third kappa shape index (κ3) is 4.35. The first-order valence-corrected chi connectivity index (χ1v) is 9.58. The Labute approximate surface area is 132 Å². The lowest BCUT2D eigenvalue weighted by molar-refractivity contribution is 0.352. The monoisotopic (exact) mass is 308 g/mol. The number of hydrogen-bond donors (Lipinski definition) is 2. The molecule has 0 aromatic carbocycles. The molecule has 3 nitrogen and oxygen atoms in total. The van der Waals surface area contributed by atoms with E-state index < -0.39 is 0 Å². The van der Waals surface area contributed by atoms with Crippen molar-refractivity contribution in [1.82, 2.24) is 4.98 Å². The van der Waals surface area contributed by atoms with Crippen LogP contribution in [0.25, 0.3) is 0 Å². The first-order valence-electron chi connectivity index (χ1n) is 8.76. The summed E-state index contributed by atoms with van der Waals surface area (Å²) in [7, 11) is 0. The van der Waals surface area contributed by atoms with Gasteiger partial charge in [0.1, 0.15) is 0 Å². The van der Waals surface area contributed by atoms with Gasteiger partial charge in [-0.3, -0.25) is 0 Å². The van der Waals surface area contributed by atoms with Gasteiger partial charge in [0, 0.05) is 6.04 Å². The zero-order valence-electron chi connectivity index (χ0n) is 12.9. The fourth-order valence-corrected chi connectivity index (χ4v) is 4.84. The molecule has 0 atom stereocenters. The van der Waals surface area contributed by atoms with Crippen LogP contribution < -0.4 is 5.32 Å². The van der Waals surface area contributed by atoms with Crippen molar-refractivity contribution in [2.75, 3.05) is 5.32 Å². The van der Waals surface area contributed by atoms with Gasteiger partial charge in [0.2, 0.25) is 5.88 Å². The van der Waals surface area contributed by atoms with E-state index in [1.165, 1.54) is 70.6 Å². The van der Waals surface area contributed by atoms with E-state index >= 15 is 0 Å². The molecular formula is C17H28N2OS. The second kappa shape index (κ2) is 7.48. The van der Waals surface area contributed by atoms with Crippen molar-refractivity contribution >= 4 is 16.5 Å². The van der Waals surface area contributed by atoms with E-state index in [1.54, 1.807) is 11.3 Å². The molecule has 1 heterocycles. The van der Waals surface area contributed by atoms with E-state index in [9.17, 15) is 5.11 Å². The van der Waals surface area contributed by atoms with Crippen molar-refractivity contribution in [3.63, 3.8) is 0 Å². The lowest BCUT2D eigenvalue weighted by Gasteiger charge is -2.20. The van der Waals surface area contributed by atoms with Crippen molar-refractivity contribution in [3.05, 3.63) is 4.88 Å². The van der Waals surface area contributed by atoms with Gasteiger partial charge in [0.05, 0.1) is 4.88 Å². The summed E-state index contributed by atoms with van der Waals surface area (Å²) < 4.78 is 0. The second-order valence-electron chi connectivity index (χ2n) is 6.81. The number of aromatic nitrogens is 1. The molecule has 3 rings (SSSR count). The summed E-state index contributed by atoms with van der Waals surface area (Å²) in [5.41, 5.74) is 0. The molecule has 118 valence electrons. The highest BCUT2D eigenvalue weighted by atomic mass is 32.1. The van der Waals surface area contributed by atoms with Crippen LogP contribution >= 0.6 is 11.3 Å². The Bertz CT molecular complexity index is 432. The number of rotatable bonds is 4. The van der Waals surface area contributed by atoms with Gasteiger partial charge in [-0.05, 0) is 25.2 Å². The normalized spacial score (nSPS) is 22.1. The fraction of sp³-hybridized carbons (Fsp3) is 0.824. The van der Waals surface area contributed by atoms with Gasteiger partial charge >= 0.3 is 0 Å². The molecule has 0 radical (unpaired) electrons. The minimum atomic E-state index is 0.279. The van der Waals surface area contributed by atoms with Gasteiger partial charge in [0.25, 0.3) is 0 Å². The van der Waals surface area contributed by atoms with Crippen LogP contribution in [0.4, 0.5) is 5.13 Å². The van der Waals surface area contributed by atoms with Gasteiger partial charge in [-0.15, -0.1) is 0 Å². The van der Waals surface area contributed by atoms with Gasteiger partial charge in [-0.25, -0.2) is 0 Å². The van der Waals surface area contributed by atoms with E-state index in [2.05, 4.69) is 10.3 Å². The zero-order chi connectivity index (χ0) is 14.5. The molecule has 2 saturated carbocycles.